The summed E-state index contributed by atoms with van der Waals surface area (Å²) in [5, 5.41) is 3.09. The molecule has 0 nitrogen and oxygen atoms in total. The van der Waals surface area contributed by atoms with Crippen molar-refractivity contribution in [1.82, 2.24) is 0 Å². The molecule has 1 heterocycles. The maximum atomic E-state index is 2.50. The summed E-state index contributed by atoms with van der Waals surface area (Å²) in [5.41, 5.74) is 13.8. The Kier molecular flexibility index (Phi) is 7.56. The molecule has 0 aliphatic carbocycles. The van der Waals surface area contributed by atoms with Crippen LogP contribution in [-0.4, -0.2) is 8.07 Å². The molecule has 0 radical (unpaired) electrons. The van der Waals surface area contributed by atoms with E-state index in [-0.39, 0.29) is 0 Å². The van der Waals surface area contributed by atoms with Gasteiger partial charge in [0.05, 0.1) is 0 Å². The fourth-order valence-electron chi connectivity index (χ4n) is 7.19. The van der Waals surface area contributed by atoms with Gasteiger partial charge in [0.2, 0.25) is 0 Å². The number of aryl methyl sites for hydroxylation is 1. The predicted molar refractivity (Wildman–Crippen MR) is 206 cm³/mol. The van der Waals surface area contributed by atoms with Crippen LogP contribution in [0, 0.1) is 6.92 Å². The molecule has 0 aromatic heterocycles. The first-order valence-electron chi connectivity index (χ1n) is 16.4. The second-order valence-corrected chi connectivity index (χ2v) is 18.4. The Morgan fingerprint density at radius 2 is 0.830 bits per heavy atom. The fraction of sp³-hybridized carbons (Fsp3) is 0.0667. The van der Waals surface area contributed by atoms with Crippen molar-refractivity contribution in [2.75, 3.05) is 0 Å². The molecule has 0 bridgehead atoms. The molecule has 0 saturated heterocycles. The average molecular weight is 637 g/mol. The number of rotatable bonds is 5. The molecule has 7 aromatic carbocycles. The van der Waals surface area contributed by atoms with E-state index in [1.807, 2.05) is 11.8 Å². The van der Waals surface area contributed by atoms with Crippen LogP contribution in [0.25, 0.3) is 55.6 Å². The number of hydrogen-bond acceptors (Lipinski definition) is 1. The van der Waals surface area contributed by atoms with Crippen LogP contribution in [0.3, 0.4) is 0 Å². The van der Waals surface area contributed by atoms with Crippen LogP contribution in [-0.2, 0) is 0 Å². The van der Waals surface area contributed by atoms with Crippen molar-refractivity contribution in [3.05, 3.63) is 169 Å². The van der Waals surface area contributed by atoms with Gasteiger partial charge in [-0.3, -0.25) is 0 Å². The molecule has 0 saturated carbocycles. The van der Waals surface area contributed by atoms with Crippen LogP contribution in [0.1, 0.15) is 5.56 Å². The highest BCUT2D eigenvalue weighted by atomic mass is 32.2. The van der Waals surface area contributed by atoms with E-state index >= 15 is 0 Å². The largest absolute Gasteiger partial charge is 0.115 e. The molecule has 0 N–H and O–H groups in total. The lowest BCUT2D eigenvalue weighted by Gasteiger charge is -2.34. The lowest BCUT2D eigenvalue weighted by atomic mass is 9.85. The lowest BCUT2D eigenvalue weighted by Crippen LogP contribution is -2.56. The number of fused-ring (bicyclic) bond motifs is 2. The van der Waals surface area contributed by atoms with E-state index in [0.29, 0.717) is 0 Å². The lowest BCUT2D eigenvalue weighted by molar-refractivity contribution is 1.35. The highest BCUT2D eigenvalue weighted by Crippen LogP contribution is 2.44. The minimum Gasteiger partial charge on any atom is -0.0897 e. The quantitative estimate of drug-likeness (QED) is 0.169. The summed E-state index contributed by atoms with van der Waals surface area (Å²) in [7, 11) is -1.82. The van der Waals surface area contributed by atoms with E-state index < -0.39 is 8.07 Å². The van der Waals surface area contributed by atoms with Crippen LogP contribution in [0.2, 0.25) is 13.1 Å². The van der Waals surface area contributed by atoms with Crippen LogP contribution in [0.15, 0.2) is 174 Å². The van der Waals surface area contributed by atoms with Crippen LogP contribution in [0.4, 0.5) is 0 Å². The average Bonchev–Trinajstić information content (AvgIpc) is 3.12. The Bertz CT molecular complexity index is 2220. The van der Waals surface area contributed by atoms with Gasteiger partial charge in [-0.05, 0) is 96.7 Å². The van der Waals surface area contributed by atoms with Crippen molar-refractivity contribution >= 4 is 30.2 Å². The van der Waals surface area contributed by atoms with E-state index in [0.717, 1.165) is 0 Å². The number of hydrogen-bond donors (Lipinski definition) is 0. The standard InChI is InChI=1S/C45H36SSi/c1-31-23-28-43-45(46-41-21-13-14-22-42(41)47(43,2)3)44(31)36-26-24-35(25-27-36)40-30-38(33-17-9-5-10-18-33)37(32-15-7-4-8-16-32)29-39(40)34-19-11-6-12-20-34/h4-30H,1-3H3. The molecule has 0 amide bonds. The Balaban J connectivity index is 1.30. The number of benzene rings is 7. The Morgan fingerprint density at radius 1 is 0.404 bits per heavy atom. The Hall–Kier alpha value is -4.89. The maximum absolute atomic E-state index is 2.50. The SMILES string of the molecule is Cc1ccc2c(c1-c1ccc(-c3cc(-c4ccccc4)c(-c4ccccc4)cc3-c3ccccc3)cc1)Sc1ccccc1[Si]2(C)C. The van der Waals surface area contributed by atoms with Crippen molar-refractivity contribution < 1.29 is 0 Å². The molecule has 226 valence electrons. The van der Waals surface area contributed by atoms with Gasteiger partial charge in [0, 0.05) is 9.79 Å². The molecule has 1 aliphatic rings. The third kappa shape index (κ3) is 5.28. The molecule has 1 aliphatic heterocycles. The topological polar surface area (TPSA) is 0 Å². The van der Waals surface area contributed by atoms with Gasteiger partial charge >= 0.3 is 0 Å². The summed E-state index contributed by atoms with van der Waals surface area (Å²) in [6.45, 7) is 7.27. The Morgan fingerprint density at radius 3 is 1.34 bits per heavy atom. The summed E-state index contributed by atoms with van der Waals surface area (Å²) in [6, 6.07) is 60.3. The van der Waals surface area contributed by atoms with Gasteiger partial charge in [-0.1, -0.05) is 170 Å². The highest BCUT2D eigenvalue weighted by molar-refractivity contribution is 8.00. The molecule has 0 unspecified atom stereocenters. The van der Waals surface area contributed by atoms with Gasteiger partial charge in [0.15, 0.2) is 0 Å². The second-order valence-electron chi connectivity index (χ2n) is 13.0. The van der Waals surface area contributed by atoms with Crippen LogP contribution in [0.5, 0.6) is 0 Å². The van der Waals surface area contributed by atoms with Gasteiger partial charge in [-0.2, -0.15) is 0 Å². The molecule has 0 atom stereocenters. The molecule has 8 rings (SSSR count). The van der Waals surface area contributed by atoms with Gasteiger partial charge < -0.3 is 0 Å². The highest BCUT2D eigenvalue weighted by Gasteiger charge is 2.36. The van der Waals surface area contributed by atoms with E-state index in [1.165, 1.54) is 71.0 Å². The van der Waals surface area contributed by atoms with Crippen LogP contribution >= 0.6 is 11.8 Å². The summed E-state index contributed by atoms with van der Waals surface area (Å²) < 4.78 is 0. The van der Waals surface area contributed by atoms with Gasteiger partial charge in [-0.25, -0.2) is 0 Å². The molecule has 0 spiro atoms. The molecular formula is C45H36SSi. The maximum Gasteiger partial charge on any atom is 0.115 e. The Labute approximate surface area is 283 Å². The van der Waals surface area contributed by atoms with E-state index in [4.69, 9.17) is 0 Å². The summed E-state index contributed by atoms with van der Waals surface area (Å²) >= 11 is 1.95. The van der Waals surface area contributed by atoms with E-state index in [2.05, 4.69) is 184 Å². The molecule has 47 heavy (non-hydrogen) atoms. The smallest absolute Gasteiger partial charge is 0.0897 e. The van der Waals surface area contributed by atoms with Crippen molar-refractivity contribution in [2.45, 2.75) is 29.8 Å². The van der Waals surface area contributed by atoms with Gasteiger partial charge in [0.1, 0.15) is 8.07 Å². The van der Waals surface area contributed by atoms with Gasteiger partial charge in [-0.15, -0.1) is 0 Å². The first-order chi connectivity index (χ1) is 23.0. The zero-order valence-corrected chi connectivity index (χ0v) is 28.8. The van der Waals surface area contributed by atoms with E-state index in [1.54, 1.807) is 10.4 Å². The molecule has 0 fully saturated rings. The summed E-state index contributed by atoms with van der Waals surface area (Å²) in [6.07, 6.45) is 0. The monoisotopic (exact) mass is 636 g/mol. The molecule has 7 aromatic rings. The molecule has 2 heteroatoms. The fourth-order valence-corrected chi connectivity index (χ4v) is 12.8. The summed E-state index contributed by atoms with van der Waals surface area (Å²) in [4.78, 5) is 2.86. The predicted octanol–water partition coefficient (Wildman–Crippen LogP) is 11.6. The second kappa shape index (κ2) is 12.0. The first-order valence-corrected chi connectivity index (χ1v) is 20.2. The van der Waals surface area contributed by atoms with Crippen LogP contribution < -0.4 is 10.4 Å². The van der Waals surface area contributed by atoms with Crippen molar-refractivity contribution in [1.29, 1.82) is 0 Å². The third-order valence-electron chi connectivity index (χ3n) is 9.71. The van der Waals surface area contributed by atoms with E-state index in [9.17, 15) is 0 Å². The normalized spacial score (nSPS) is 13.1. The zero-order valence-electron chi connectivity index (χ0n) is 27.0. The zero-order chi connectivity index (χ0) is 32.0. The minimum atomic E-state index is -1.82. The van der Waals surface area contributed by atoms with Gasteiger partial charge in [0.25, 0.3) is 0 Å². The van der Waals surface area contributed by atoms with Crippen molar-refractivity contribution in [3.63, 3.8) is 0 Å². The molecular weight excluding hydrogens is 601 g/mol. The van der Waals surface area contributed by atoms with Crippen molar-refractivity contribution in [3.8, 4) is 55.6 Å². The first kappa shape index (κ1) is 29.5. The summed E-state index contributed by atoms with van der Waals surface area (Å²) in [5.74, 6) is 0. The minimum absolute atomic E-state index is 1.22. The van der Waals surface area contributed by atoms with Crippen molar-refractivity contribution in [2.24, 2.45) is 0 Å². The third-order valence-corrected chi connectivity index (χ3v) is 14.8.